The number of hydrogen-bond donors (Lipinski definition) is 0. The highest BCUT2D eigenvalue weighted by Gasteiger charge is 2.21. The number of carbonyl (C=O) groups excluding carboxylic acids is 1. The van der Waals surface area contributed by atoms with Gasteiger partial charge in [0.05, 0.1) is 6.54 Å². The molecule has 0 radical (unpaired) electrons. The maximum Gasteiger partial charge on any atom is 0.236 e. The van der Waals surface area contributed by atoms with Crippen LogP contribution >= 0.6 is 15.9 Å². The Bertz CT molecular complexity index is 704. The number of piperazine rings is 1. The van der Waals surface area contributed by atoms with Gasteiger partial charge in [-0.05, 0) is 17.7 Å². The fourth-order valence-electron chi connectivity index (χ4n) is 2.84. The van der Waals surface area contributed by atoms with Gasteiger partial charge in [0.15, 0.2) is 0 Å². The third kappa shape index (κ3) is 4.76. The van der Waals surface area contributed by atoms with E-state index >= 15 is 0 Å². The zero-order valence-corrected chi connectivity index (χ0v) is 15.9. The van der Waals surface area contributed by atoms with Gasteiger partial charge in [-0.1, -0.05) is 34.1 Å². The molecule has 1 aliphatic heterocycles. The first-order valence-electron chi connectivity index (χ1n) is 8.35. The second-order valence-electron chi connectivity index (χ2n) is 6.15. The molecule has 1 aromatic carbocycles. The molecule has 0 atom stereocenters. The molecule has 0 bridgehead atoms. The Balaban J connectivity index is 1.48. The number of carbonyl (C=O) groups is 1. The van der Waals surface area contributed by atoms with Crippen LogP contribution in [0.4, 0.5) is 5.95 Å². The number of halogens is 1. The summed E-state index contributed by atoms with van der Waals surface area (Å²) in [6.07, 6.45) is 3.52. The lowest BCUT2D eigenvalue weighted by Crippen LogP contribution is -2.50. The largest absolute Gasteiger partial charge is 0.340 e. The summed E-state index contributed by atoms with van der Waals surface area (Å²) in [4.78, 5) is 27.2. The fourth-order valence-corrected chi connectivity index (χ4v) is 3.25. The summed E-state index contributed by atoms with van der Waals surface area (Å²) in [5.74, 6) is 0.902. The number of hydrogen-bond acceptors (Lipinski definition) is 5. The van der Waals surface area contributed by atoms with Gasteiger partial charge in [-0.3, -0.25) is 9.69 Å². The maximum atomic E-state index is 12.5. The van der Waals surface area contributed by atoms with Gasteiger partial charge >= 0.3 is 0 Å². The summed E-state index contributed by atoms with van der Waals surface area (Å²) in [5.41, 5.74) is 1.12. The van der Waals surface area contributed by atoms with Crippen molar-refractivity contribution in [2.75, 3.05) is 44.7 Å². The minimum atomic E-state index is 0.139. The van der Waals surface area contributed by atoms with Gasteiger partial charge in [0.25, 0.3) is 0 Å². The molecule has 1 fully saturated rings. The van der Waals surface area contributed by atoms with Gasteiger partial charge in [-0.2, -0.15) is 0 Å². The van der Waals surface area contributed by atoms with E-state index in [4.69, 9.17) is 0 Å². The highest BCUT2D eigenvalue weighted by atomic mass is 79.9. The normalized spacial score (nSPS) is 15.2. The average molecular weight is 404 g/mol. The van der Waals surface area contributed by atoms with Crippen LogP contribution in [0.15, 0.2) is 47.2 Å². The molecule has 3 rings (SSSR count). The minimum Gasteiger partial charge on any atom is -0.340 e. The topological polar surface area (TPSA) is 52.6 Å². The van der Waals surface area contributed by atoms with Gasteiger partial charge in [0.2, 0.25) is 11.9 Å². The summed E-state index contributed by atoms with van der Waals surface area (Å²) in [5, 5.41) is 0. The van der Waals surface area contributed by atoms with Crippen LogP contribution in [0.3, 0.4) is 0 Å². The summed E-state index contributed by atoms with van der Waals surface area (Å²) < 4.78 is 1.03. The van der Waals surface area contributed by atoms with Gasteiger partial charge in [0, 0.05) is 56.6 Å². The van der Waals surface area contributed by atoms with Gasteiger partial charge in [-0.15, -0.1) is 0 Å². The van der Waals surface area contributed by atoms with Crippen molar-refractivity contribution in [3.63, 3.8) is 0 Å². The second-order valence-corrected chi connectivity index (χ2v) is 7.01. The van der Waals surface area contributed by atoms with Gasteiger partial charge < -0.3 is 9.80 Å². The van der Waals surface area contributed by atoms with E-state index in [0.717, 1.165) is 42.2 Å². The van der Waals surface area contributed by atoms with Crippen LogP contribution in [-0.4, -0.2) is 65.4 Å². The smallest absolute Gasteiger partial charge is 0.236 e. The lowest BCUT2D eigenvalue weighted by molar-refractivity contribution is -0.131. The molecule has 1 amide bonds. The summed E-state index contributed by atoms with van der Waals surface area (Å²) >= 11 is 3.54. The average Bonchev–Trinajstić information content (AvgIpc) is 2.65. The van der Waals surface area contributed by atoms with E-state index in [9.17, 15) is 4.79 Å². The van der Waals surface area contributed by atoms with E-state index in [-0.39, 0.29) is 5.91 Å². The molecule has 0 N–H and O–H groups in total. The third-order valence-electron chi connectivity index (χ3n) is 4.36. The number of amides is 1. The van der Waals surface area contributed by atoms with Crippen LogP contribution in [0.5, 0.6) is 0 Å². The first-order valence-corrected chi connectivity index (χ1v) is 9.14. The standard InChI is InChI=1S/C18H22BrN5O/c1-22(13-15-5-2-3-6-16(15)19)17(25)14-23-9-11-24(12-10-23)18-20-7-4-8-21-18/h2-8H,9-14H2,1H3. The molecule has 0 saturated carbocycles. The van der Waals surface area contributed by atoms with Crippen molar-refractivity contribution in [1.29, 1.82) is 0 Å². The van der Waals surface area contributed by atoms with Crippen molar-refractivity contribution in [1.82, 2.24) is 19.8 Å². The Labute approximate surface area is 156 Å². The molecular formula is C18H22BrN5O. The van der Waals surface area contributed by atoms with Crippen molar-refractivity contribution >= 4 is 27.8 Å². The Kier molecular flexibility index (Phi) is 5.99. The molecular weight excluding hydrogens is 382 g/mol. The van der Waals surface area contributed by atoms with Crippen molar-refractivity contribution in [3.8, 4) is 0 Å². The highest BCUT2D eigenvalue weighted by molar-refractivity contribution is 9.10. The molecule has 1 aliphatic rings. The Morgan fingerprint density at radius 1 is 1.12 bits per heavy atom. The van der Waals surface area contributed by atoms with Crippen LogP contribution in [0, 0.1) is 0 Å². The molecule has 2 heterocycles. The molecule has 25 heavy (non-hydrogen) atoms. The molecule has 0 aliphatic carbocycles. The van der Waals surface area contributed by atoms with E-state index < -0.39 is 0 Å². The summed E-state index contributed by atoms with van der Waals surface area (Å²) in [7, 11) is 1.86. The molecule has 1 saturated heterocycles. The predicted octanol–water partition coefficient (Wildman–Crippen LogP) is 2.02. The molecule has 2 aromatic rings. The Morgan fingerprint density at radius 3 is 2.48 bits per heavy atom. The summed E-state index contributed by atoms with van der Waals surface area (Å²) in [6, 6.07) is 9.82. The first kappa shape index (κ1) is 17.8. The highest BCUT2D eigenvalue weighted by Crippen LogP contribution is 2.17. The third-order valence-corrected chi connectivity index (χ3v) is 5.13. The van der Waals surface area contributed by atoms with E-state index in [0.29, 0.717) is 13.1 Å². The number of rotatable bonds is 5. The molecule has 6 nitrogen and oxygen atoms in total. The van der Waals surface area contributed by atoms with Gasteiger partial charge in [-0.25, -0.2) is 9.97 Å². The van der Waals surface area contributed by atoms with Crippen molar-refractivity contribution < 1.29 is 4.79 Å². The summed E-state index contributed by atoms with van der Waals surface area (Å²) in [6.45, 7) is 4.42. The van der Waals surface area contributed by atoms with E-state index in [2.05, 4.69) is 35.7 Å². The molecule has 132 valence electrons. The van der Waals surface area contributed by atoms with Crippen LogP contribution in [0.2, 0.25) is 0 Å². The molecule has 1 aromatic heterocycles. The molecule has 7 heteroatoms. The molecule has 0 spiro atoms. The van der Waals surface area contributed by atoms with E-state index in [1.807, 2.05) is 37.4 Å². The van der Waals surface area contributed by atoms with E-state index in [1.54, 1.807) is 17.3 Å². The van der Waals surface area contributed by atoms with Crippen LogP contribution < -0.4 is 4.90 Å². The number of aromatic nitrogens is 2. The van der Waals surface area contributed by atoms with Crippen LogP contribution in [0.1, 0.15) is 5.56 Å². The SMILES string of the molecule is CN(Cc1ccccc1Br)C(=O)CN1CCN(c2ncccn2)CC1. The van der Waals surface area contributed by atoms with E-state index in [1.165, 1.54) is 0 Å². The fraction of sp³-hybridized carbons (Fsp3) is 0.389. The van der Waals surface area contributed by atoms with Crippen molar-refractivity contribution in [2.45, 2.75) is 6.54 Å². The Hall–Kier alpha value is -1.99. The second kappa shape index (κ2) is 8.40. The number of anilines is 1. The first-order chi connectivity index (χ1) is 12.1. The zero-order chi connectivity index (χ0) is 17.6. The molecule has 0 unspecified atom stereocenters. The quantitative estimate of drug-likeness (QED) is 0.764. The number of benzene rings is 1. The van der Waals surface area contributed by atoms with Crippen LogP contribution in [0.25, 0.3) is 0 Å². The van der Waals surface area contributed by atoms with Gasteiger partial charge in [0.1, 0.15) is 0 Å². The maximum absolute atomic E-state index is 12.5. The number of nitrogens with zero attached hydrogens (tertiary/aromatic N) is 5. The zero-order valence-electron chi connectivity index (χ0n) is 14.3. The predicted molar refractivity (Wildman–Crippen MR) is 101 cm³/mol. The number of likely N-dealkylation sites (N-methyl/N-ethyl adjacent to an activating group) is 1. The monoisotopic (exact) mass is 403 g/mol. The van der Waals surface area contributed by atoms with Crippen LogP contribution in [-0.2, 0) is 11.3 Å². The Morgan fingerprint density at radius 2 is 1.80 bits per heavy atom. The lowest BCUT2D eigenvalue weighted by Gasteiger charge is -2.34. The minimum absolute atomic E-state index is 0.139. The van der Waals surface area contributed by atoms with Crippen molar-refractivity contribution in [2.24, 2.45) is 0 Å². The van der Waals surface area contributed by atoms with Crippen molar-refractivity contribution in [3.05, 3.63) is 52.8 Å². The lowest BCUT2D eigenvalue weighted by atomic mass is 10.2.